The van der Waals surface area contributed by atoms with E-state index in [1.165, 1.54) is 24.0 Å². The van der Waals surface area contributed by atoms with Gasteiger partial charge in [0, 0.05) is 19.0 Å². The number of nitrogens with one attached hydrogen (secondary N) is 1. The van der Waals surface area contributed by atoms with Gasteiger partial charge in [0.1, 0.15) is 6.61 Å². The molecule has 0 aromatic heterocycles. The van der Waals surface area contributed by atoms with Gasteiger partial charge in [0.2, 0.25) is 5.91 Å². The van der Waals surface area contributed by atoms with E-state index < -0.39 is 0 Å². The number of piperidine rings is 1. The maximum Gasteiger partial charge on any atom is 0.407 e. The van der Waals surface area contributed by atoms with Crippen LogP contribution in [0.3, 0.4) is 0 Å². The molecule has 4 aliphatic rings. The highest BCUT2D eigenvalue weighted by Crippen LogP contribution is 2.48. The van der Waals surface area contributed by atoms with Crippen molar-refractivity contribution in [1.29, 1.82) is 0 Å². The number of hydrogen-bond acceptors (Lipinski definition) is 3. The zero-order chi connectivity index (χ0) is 18.6. The summed E-state index contributed by atoms with van der Waals surface area (Å²) in [5.41, 5.74) is 3.05. The summed E-state index contributed by atoms with van der Waals surface area (Å²) in [6.07, 6.45) is 5.80. The Balaban J connectivity index is 1.14. The summed E-state index contributed by atoms with van der Waals surface area (Å²) in [4.78, 5) is 26.1. The number of rotatable bonds is 3. The first-order valence-corrected chi connectivity index (χ1v) is 10.3. The lowest BCUT2D eigenvalue weighted by molar-refractivity contribution is -0.142. The van der Waals surface area contributed by atoms with Gasteiger partial charge in [-0.1, -0.05) is 31.2 Å². The summed E-state index contributed by atoms with van der Waals surface area (Å²) in [6, 6.07) is 9.23. The van der Waals surface area contributed by atoms with E-state index in [1.807, 2.05) is 4.90 Å². The van der Waals surface area contributed by atoms with Crippen LogP contribution >= 0.6 is 0 Å². The summed E-state index contributed by atoms with van der Waals surface area (Å²) in [5.74, 6) is 0.865. The summed E-state index contributed by atoms with van der Waals surface area (Å²) in [5, 5.41) is 2.87. The molecule has 2 saturated heterocycles. The molecular weight excluding hydrogens is 340 g/mol. The van der Waals surface area contributed by atoms with Crippen LogP contribution in [0.5, 0.6) is 0 Å². The molecule has 1 spiro atoms. The number of cyclic esters (lactones) is 1. The highest BCUT2D eigenvalue weighted by molar-refractivity contribution is 5.81. The second-order valence-corrected chi connectivity index (χ2v) is 9.37. The van der Waals surface area contributed by atoms with Crippen molar-refractivity contribution in [2.75, 3.05) is 19.7 Å². The Hall–Kier alpha value is -2.04. The van der Waals surface area contributed by atoms with Crippen molar-refractivity contribution < 1.29 is 14.3 Å². The number of carbonyl (C=O) groups is 2. The zero-order valence-electron chi connectivity index (χ0n) is 16.0. The van der Waals surface area contributed by atoms with Gasteiger partial charge in [-0.15, -0.1) is 0 Å². The second-order valence-electron chi connectivity index (χ2n) is 9.37. The molecule has 1 aromatic rings. The number of hydrogen-bond donors (Lipinski definition) is 1. The van der Waals surface area contributed by atoms with E-state index in [0.717, 1.165) is 38.8 Å². The Morgan fingerprint density at radius 2 is 1.81 bits per heavy atom. The summed E-state index contributed by atoms with van der Waals surface area (Å²) < 4.78 is 5.01. The molecule has 5 heteroatoms. The Morgan fingerprint density at radius 3 is 2.37 bits per heavy atom. The molecule has 4 fully saturated rings. The van der Waals surface area contributed by atoms with Gasteiger partial charge < -0.3 is 15.0 Å². The minimum Gasteiger partial charge on any atom is -0.447 e. The Bertz CT molecular complexity index is 754. The summed E-state index contributed by atoms with van der Waals surface area (Å²) >= 11 is 0. The smallest absolute Gasteiger partial charge is 0.407 e. The van der Waals surface area contributed by atoms with Gasteiger partial charge in [0.15, 0.2) is 0 Å². The van der Waals surface area contributed by atoms with Crippen LogP contribution in [0.4, 0.5) is 4.79 Å². The van der Waals surface area contributed by atoms with Crippen molar-refractivity contribution in [3.63, 3.8) is 0 Å². The van der Waals surface area contributed by atoms with Gasteiger partial charge in [0.05, 0.1) is 5.54 Å². The van der Waals surface area contributed by atoms with Crippen LogP contribution in [0.1, 0.15) is 62.5 Å². The SMILES string of the molecule is CC1(c2ccc(C3CCN(C(=O)[C@H]4C[C@]5(COC(=O)N5)C4)CC3)cc2)CC1. The third kappa shape index (κ3) is 3.01. The van der Waals surface area contributed by atoms with Crippen molar-refractivity contribution in [2.24, 2.45) is 5.92 Å². The van der Waals surface area contributed by atoms with Gasteiger partial charge in [-0.2, -0.15) is 0 Å². The quantitative estimate of drug-likeness (QED) is 0.890. The van der Waals surface area contributed by atoms with Crippen molar-refractivity contribution >= 4 is 12.0 Å². The third-order valence-corrected chi connectivity index (χ3v) is 7.36. The molecule has 1 aromatic carbocycles. The van der Waals surface area contributed by atoms with Gasteiger partial charge >= 0.3 is 6.09 Å². The molecule has 0 bridgehead atoms. The van der Waals surface area contributed by atoms with Crippen LogP contribution in [0.2, 0.25) is 0 Å². The molecule has 0 atom stereocenters. The third-order valence-electron chi connectivity index (χ3n) is 7.36. The molecule has 0 unspecified atom stereocenters. The largest absolute Gasteiger partial charge is 0.447 e. The fourth-order valence-corrected chi connectivity index (χ4v) is 5.10. The molecule has 2 aliphatic carbocycles. The highest BCUT2D eigenvalue weighted by atomic mass is 16.6. The standard InChI is InChI=1S/C22H28N2O3/c1-21(8-9-21)18-4-2-15(3-5-18)16-6-10-24(11-7-16)19(25)17-12-22(13-17)14-27-20(26)23-22/h2-5,16-17H,6-14H2,1H3,(H,23,26)/t17-,22+. The zero-order valence-corrected chi connectivity index (χ0v) is 16.0. The van der Waals surface area contributed by atoms with Crippen LogP contribution in [0.25, 0.3) is 0 Å². The topological polar surface area (TPSA) is 58.6 Å². The number of carbonyl (C=O) groups excluding carboxylic acids is 2. The van der Waals surface area contributed by atoms with Crippen molar-refractivity contribution in [3.8, 4) is 0 Å². The van der Waals surface area contributed by atoms with Gasteiger partial charge in [-0.05, 0) is 61.0 Å². The molecule has 27 heavy (non-hydrogen) atoms. The molecule has 5 rings (SSSR count). The molecule has 2 amide bonds. The number of benzene rings is 1. The maximum atomic E-state index is 12.8. The Kier molecular flexibility index (Phi) is 3.78. The second kappa shape index (κ2) is 5.98. The Morgan fingerprint density at radius 1 is 1.15 bits per heavy atom. The lowest BCUT2D eigenvalue weighted by atomic mass is 9.68. The van der Waals surface area contributed by atoms with Crippen LogP contribution in [-0.4, -0.2) is 42.1 Å². The highest BCUT2D eigenvalue weighted by Gasteiger charge is 2.53. The number of nitrogens with zero attached hydrogens (tertiary/aromatic N) is 1. The average Bonchev–Trinajstić information content (AvgIpc) is 3.29. The van der Waals surface area contributed by atoms with Crippen molar-refractivity contribution in [1.82, 2.24) is 10.2 Å². The van der Waals surface area contributed by atoms with E-state index in [0.29, 0.717) is 17.9 Å². The predicted octanol–water partition coefficient (Wildman–Crippen LogP) is 3.33. The van der Waals surface area contributed by atoms with E-state index in [2.05, 4.69) is 36.5 Å². The van der Waals surface area contributed by atoms with Crippen molar-refractivity contribution in [2.45, 2.75) is 62.3 Å². The lowest BCUT2D eigenvalue weighted by Crippen LogP contribution is -2.58. The molecule has 2 saturated carbocycles. The molecule has 144 valence electrons. The summed E-state index contributed by atoms with van der Waals surface area (Å²) in [7, 11) is 0. The molecule has 0 radical (unpaired) electrons. The Labute approximate surface area is 160 Å². The van der Waals surface area contributed by atoms with E-state index in [1.54, 1.807) is 0 Å². The first-order valence-electron chi connectivity index (χ1n) is 10.3. The van der Waals surface area contributed by atoms with Gasteiger partial charge in [0.25, 0.3) is 0 Å². The van der Waals surface area contributed by atoms with Crippen LogP contribution in [0, 0.1) is 5.92 Å². The van der Waals surface area contributed by atoms with Crippen LogP contribution < -0.4 is 5.32 Å². The van der Waals surface area contributed by atoms with Crippen molar-refractivity contribution in [3.05, 3.63) is 35.4 Å². The van der Waals surface area contributed by atoms with E-state index >= 15 is 0 Å². The fraction of sp³-hybridized carbons (Fsp3) is 0.636. The number of likely N-dealkylation sites (tertiary alicyclic amines) is 1. The molecule has 5 nitrogen and oxygen atoms in total. The van der Waals surface area contributed by atoms with Gasteiger partial charge in [-0.3, -0.25) is 4.79 Å². The minimum atomic E-state index is -0.344. The maximum absolute atomic E-state index is 12.8. The van der Waals surface area contributed by atoms with Crippen LogP contribution in [0.15, 0.2) is 24.3 Å². The summed E-state index contributed by atoms with van der Waals surface area (Å²) in [6.45, 7) is 4.44. The van der Waals surface area contributed by atoms with E-state index in [-0.39, 0.29) is 23.5 Å². The van der Waals surface area contributed by atoms with E-state index in [4.69, 9.17) is 4.74 Å². The normalized spacial score (nSPS) is 32.0. The first kappa shape index (κ1) is 17.1. The van der Waals surface area contributed by atoms with Gasteiger partial charge in [-0.25, -0.2) is 4.79 Å². The fourth-order valence-electron chi connectivity index (χ4n) is 5.10. The van der Waals surface area contributed by atoms with Crippen LogP contribution in [-0.2, 0) is 14.9 Å². The average molecular weight is 368 g/mol. The monoisotopic (exact) mass is 368 g/mol. The molecular formula is C22H28N2O3. The molecule has 1 N–H and O–H groups in total. The molecule has 2 aliphatic heterocycles. The number of amides is 2. The predicted molar refractivity (Wildman–Crippen MR) is 102 cm³/mol. The van der Waals surface area contributed by atoms with E-state index in [9.17, 15) is 9.59 Å². The lowest BCUT2D eigenvalue weighted by Gasteiger charge is -2.45. The minimum absolute atomic E-state index is 0.0436. The number of ether oxygens (including phenoxy) is 1. The number of alkyl carbamates (subject to hydrolysis) is 1. The first-order chi connectivity index (χ1) is 13.0. The molecule has 2 heterocycles.